The van der Waals surface area contributed by atoms with Gasteiger partial charge in [-0.1, -0.05) is 74.3 Å². The summed E-state index contributed by atoms with van der Waals surface area (Å²) >= 11 is 3.61. The Labute approximate surface area is 170 Å². The molecule has 0 bridgehead atoms. The molecule has 1 N–H and O–H groups in total. The van der Waals surface area contributed by atoms with Crippen LogP contribution < -0.4 is 0 Å². The molecule has 0 amide bonds. The Balaban J connectivity index is 2.15. The maximum Gasteiger partial charge on any atom is 0.192 e. The highest BCUT2D eigenvalue weighted by molar-refractivity contribution is 9.11. The summed E-state index contributed by atoms with van der Waals surface area (Å²) in [5, 5.41) is 11.4. The van der Waals surface area contributed by atoms with Gasteiger partial charge in [0, 0.05) is 16.8 Å². The molecule has 26 heavy (non-hydrogen) atoms. The molecule has 2 rings (SSSR count). The van der Waals surface area contributed by atoms with E-state index in [1.807, 2.05) is 6.08 Å². The minimum absolute atomic E-state index is 0.0316. The SMILES string of the molecule is CC1=CCCC(C)(C)C1/C=C/C1(O)CC(O[Si](C)(C)C(C)(C)C)C=C1Br. The number of halogens is 1. The maximum absolute atomic E-state index is 11.2. The molecule has 0 heterocycles. The monoisotopic (exact) mass is 440 g/mol. The van der Waals surface area contributed by atoms with E-state index in [1.165, 1.54) is 12.0 Å². The van der Waals surface area contributed by atoms with Crippen molar-refractivity contribution in [2.75, 3.05) is 0 Å². The van der Waals surface area contributed by atoms with E-state index in [2.05, 4.69) is 88.8 Å². The van der Waals surface area contributed by atoms with Crippen LogP contribution in [0.25, 0.3) is 0 Å². The predicted octanol–water partition coefficient (Wildman–Crippen LogP) is 6.73. The molecule has 0 saturated carbocycles. The molecular weight excluding hydrogens is 404 g/mol. The summed E-state index contributed by atoms with van der Waals surface area (Å²) in [7, 11) is -1.86. The fraction of sp³-hybridized carbons (Fsp3) is 0.727. The molecule has 0 aromatic carbocycles. The van der Waals surface area contributed by atoms with Gasteiger partial charge in [-0.15, -0.1) is 0 Å². The average molecular weight is 442 g/mol. The first-order chi connectivity index (χ1) is 11.7. The highest BCUT2D eigenvalue weighted by Gasteiger charge is 2.44. The fourth-order valence-corrected chi connectivity index (χ4v) is 5.64. The fourth-order valence-electron chi connectivity index (χ4n) is 3.79. The van der Waals surface area contributed by atoms with Gasteiger partial charge in [0.05, 0.1) is 6.10 Å². The Kier molecular flexibility index (Phi) is 6.25. The Bertz CT molecular complexity index is 625. The standard InChI is InChI=1S/C22H37BrO2Si/c1-16-10-9-12-21(5,6)18(16)11-13-22(24)15-17(14-19(22)23)25-26(7,8)20(2,3)4/h10-11,13-14,17-18,24H,9,12,15H2,1-8H3/b13-11+. The van der Waals surface area contributed by atoms with E-state index in [0.717, 1.165) is 10.9 Å². The third-order valence-corrected chi connectivity index (χ3v) is 12.1. The average Bonchev–Trinajstić information content (AvgIpc) is 2.70. The van der Waals surface area contributed by atoms with E-state index in [-0.39, 0.29) is 16.6 Å². The second-order valence-electron chi connectivity index (χ2n) is 10.4. The summed E-state index contributed by atoms with van der Waals surface area (Å²) in [6.45, 7) is 18.1. The summed E-state index contributed by atoms with van der Waals surface area (Å²) in [6.07, 6.45) is 11.5. The smallest absolute Gasteiger partial charge is 0.192 e. The number of aliphatic hydroxyl groups is 1. The lowest BCUT2D eigenvalue weighted by atomic mass is 9.68. The number of rotatable bonds is 4. The molecule has 0 fully saturated rings. The van der Waals surface area contributed by atoms with Gasteiger partial charge >= 0.3 is 0 Å². The van der Waals surface area contributed by atoms with Crippen molar-refractivity contribution in [3.8, 4) is 0 Å². The second-order valence-corrected chi connectivity index (χ2v) is 16.0. The van der Waals surface area contributed by atoms with E-state index in [1.54, 1.807) is 0 Å². The quantitative estimate of drug-likeness (QED) is 0.387. The van der Waals surface area contributed by atoms with Gasteiger partial charge in [0.25, 0.3) is 0 Å². The Hall–Kier alpha value is -0.163. The number of hydrogen-bond acceptors (Lipinski definition) is 2. The zero-order valence-electron chi connectivity index (χ0n) is 17.8. The van der Waals surface area contributed by atoms with Crippen molar-refractivity contribution in [1.29, 1.82) is 0 Å². The van der Waals surface area contributed by atoms with E-state index in [0.29, 0.717) is 12.3 Å². The summed E-state index contributed by atoms with van der Waals surface area (Å²) in [5.74, 6) is 0.376. The zero-order chi connectivity index (χ0) is 20.0. The summed E-state index contributed by atoms with van der Waals surface area (Å²) in [6, 6.07) is 0. The van der Waals surface area contributed by atoms with Gasteiger partial charge in [0.2, 0.25) is 0 Å². The first-order valence-electron chi connectivity index (χ1n) is 9.82. The minimum Gasteiger partial charge on any atom is -0.410 e. The molecule has 4 heteroatoms. The van der Waals surface area contributed by atoms with Gasteiger partial charge in [0.15, 0.2) is 8.32 Å². The second kappa shape index (κ2) is 7.34. The van der Waals surface area contributed by atoms with Crippen molar-refractivity contribution in [3.05, 3.63) is 34.4 Å². The van der Waals surface area contributed by atoms with Crippen molar-refractivity contribution < 1.29 is 9.53 Å². The molecule has 0 spiro atoms. The number of hydrogen-bond donors (Lipinski definition) is 1. The molecular formula is C22H37BrO2Si. The van der Waals surface area contributed by atoms with Crippen molar-refractivity contribution in [3.63, 3.8) is 0 Å². The van der Waals surface area contributed by atoms with Crippen LogP contribution >= 0.6 is 15.9 Å². The lowest BCUT2D eigenvalue weighted by Gasteiger charge is -2.38. The van der Waals surface area contributed by atoms with Crippen LogP contribution in [0.5, 0.6) is 0 Å². The molecule has 2 aliphatic carbocycles. The first kappa shape index (κ1) is 22.1. The Morgan fingerprint density at radius 2 is 1.92 bits per heavy atom. The van der Waals surface area contributed by atoms with Crippen LogP contribution in [-0.4, -0.2) is 25.1 Å². The van der Waals surface area contributed by atoms with Crippen LogP contribution in [0.1, 0.15) is 60.8 Å². The summed E-state index contributed by atoms with van der Waals surface area (Å²) in [4.78, 5) is 0. The van der Waals surface area contributed by atoms with Gasteiger partial charge in [-0.25, -0.2) is 0 Å². The van der Waals surface area contributed by atoms with E-state index < -0.39 is 13.9 Å². The van der Waals surface area contributed by atoms with E-state index in [4.69, 9.17) is 4.43 Å². The van der Waals surface area contributed by atoms with Crippen molar-refractivity contribution in [1.82, 2.24) is 0 Å². The van der Waals surface area contributed by atoms with Gasteiger partial charge in [-0.05, 0) is 49.4 Å². The minimum atomic E-state index is -1.86. The molecule has 0 aromatic rings. The Morgan fingerprint density at radius 1 is 1.31 bits per heavy atom. The first-order valence-corrected chi connectivity index (χ1v) is 13.5. The third kappa shape index (κ3) is 4.63. The molecule has 3 unspecified atom stereocenters. The van der Waals surface area contributed by atoms with Crippen molar-refractivity contribution in [2.24, 2.45) is 11.3 Å². The topological polar surface area (TPSA) is 29.5 Å². The highest BCUT2D eigenvalue weighted by atomic mass is 79.9. The molecule has 0 aliphatic heterocycles. The highest BCUT2D eigenvalue weighted by Crippen LogP contribution is 2.45. The molecule has 2 aliphatic rings. The predicted molar refractivity (Wildman–Crippen MR) is 118 cm³/mol. The molecule has 2 nitrogen and oxygen atoms in total. The molecule has 3 atom stereocenters. The normalized spacial score (nSPS) is 32.7. The molecule has 0 saturated heterocycles. The zero-order valence-corrected chi connectivity index (χ0v) is 20.4. The van der Waals surface area contributed by atoms with Gasteiger partial charge < -0.3 is 9.53 Å². The van der Waals surface area contributed by atoms with Crippen LogP contribution in [0.3, 0.4) is 0 Å². The van der Waals surface area contributed by atoms with Crippen molar-refractivity contribution in [2.45, 2.75) is 90.6 Å². The van der Waals surface area contributed by atoms with Crippen LogP contribution in [-0.2, 0) is 4.43 Å². The van der Waals surface area contributed by atoms with Gasteiger partial charge in [0.1, 0.15) is 5.60 Å². The van der Waals surface area contributed by atoms with Crippen LogP contribution in [0.2, 0.25) is 18.1 Å². The van der Waals surface area contributed by atoms with Gasteiger partial charge in [-0.3, -0.25) is 0 Å². The Morgan fingerprint density at radius 3 is 2.46 bits per heavy atom. The van der Waals surface area contributed by atoms with E-state index in [9.17, 15) is 5.11 Å². The van der Waals surface area contributed by atoms with E-state index >= 15 is 0 Å². The summed E-state index contributed by atoms with van der Waals surface area (Å²) in [5.41, 5.74) is 0.687. The molecule has 0 aromatic heterocycles. The maximum atomic E-state index is 11.2. The van der Waals surface area contributed by atoms with Crippen LogP contribution in [0.4, 0.5) is 0 Å². The van der Waals surface area contributed by atoms with Crippen molar-refractivity contribution >= 4 is 24.2 Å². The lowest BCUT2D eigenvalue weighted by Crippen LogP contribution is -2.44. The number of allylic oxidation sites excluding steroid dienone is 3. The van der Waals surface area contributed by atoms with Crippen LogP contribution in [0, 0.1) is 11.3 Å². The largest absolute Gasteiger partial charge is 0.410 e. The third-order valence-electron chi connectivity index (χ3n) is 6.66. The molecule has 0 radical (unpaired) electrons. The summed E-state index contributed by atoms with van der Waals surface area (Å²) < 4.78 is 7.34. The van der Waals surface area contributed by atoms with Crippen LogP contribution in [0.15, 0.2) is 34.4 Å². The lowest BCUT2D eigenvalue weighted by molar-refractivity contribution is 0.0983. The molecule has 148 valence electrons. The van der Waals surface area contributed by atoms with Gasteiger partial charge in [-0.2, -0.15) is 0 Å².